The van der Waals surface area contributed by atoms with E-state index in [1.54, 1.807) is 0 Å². The van der Waals surface area contributed by atoms with Gasteiger partial charge in [-0.15, -0.1) is 0 Å². The number of hydrogen-bond donors (Lipinski definition) is 1. The number of aliphatic hydroxyl groups is 1. The Hall–Kier alpha value is -1.48. The lowest BCUT2D eigenvalue weighted by molar-refractivity contribution is -0.441. The van der Waals surface area contributed by atoms with E-state index in [1.807, 2.05) is 0 Å². The second-order valence-corrected chi connectivity index (χ2v) is 8.93. The smallest absolute Gasteiger partial charge is 0.436 e. The van der Waals surface area contributed by atoms with E-state index in [-0.39, 0.29) is 6.42 Å². The molecule has 1 N–H and O–H groups in total. The topological polar surface area (TPSA) is 46.5 Å². The zero-order valence-corrected chi connectivity index (χ0v) is 20.4. The lowest BCUT2D eigenvalue weighted by atomic mass is 9.92. The van der Waals surface area contributed by atoms with Crippen molar-refractivity contribution in [3.05, 3.63) is 0 Å². The van der Waals surface area contributed by atoms with Crippen molar-refractivity contribution < 1.29 is 71.7 Å². The van der Waals surface area contributed by atoms with E-state index in [9.17, 15) is 67.0 Å². The molecule has 0 radical (unpaired) electrons. The molecular weight excluding hydrogens is 559 g/mol. The molecule has 38 heavy (non-hydrogen) atoms. The van der Waals surface area contributed by atoms with Gasteiger partial charge in [-0.25, -0.2) is 0 Å². The van der Waals surface area contributed by atoms with Crippen molar-refractivity contribution in [2.45, 2.75) is 132 Å². The fourth-order valence-corrected chi connectivity index (χ4v) is 3.34. The number of aliphatic hydroxyl groups excluding tert-OH is 1. The van der Waals surface area contributed by atoms with E-state index in [4.69, 9.17) is 0 Å². The maximum absolute atomic E-state index is 13.7. The van der Waals surface area contributed by atoms with E-state index in [0.29, 0.717) is 12.8 Å². The third-order valence-electron chi connectivity index (χ3n) is 5.68. The average Bonchev–Trinajstić information content (AvgIpc) is 2.75. The van der Waals surface area contributed by atoms with Gasteiger partial charge in [0.05, 0.1) is 6.42 Å². The predicted octanol–water partition coefficient (Wildman–Crippen LogP) is 8.68. The fraction of sp³-hybridized carbons (Fsp3) is 0.955. The zero-order valence-electron chi connectivity index (χ0n) is 20.4. The Morgan fingerprint density at radius 2 is 0.974 bits per heavy atom. The van der Waals surface area contributed by atoms with Gasteiger partial charge >= 0.3 is 41.8 Å². The van der Waals surface area contributed by atoms with Gasteiger partial charge in [0.15, 0.2) is 0 Å². The zero-order chi connectivity index (χ0) is 30.1. The highest BCUT2D eigenvalue weighted by Gasteiger charge is 2.90. The molecule has 0 aliphatic heterocycles. The Balaban J connectivity index is 4.81. The molecule has 0 aliphatic rings. The summed E-state index contributed by atoms with van der Waals surface area (Å²) < 4.78 is 174. The van der Waals surface area contributed by atoms with Crippen molar-refractivity contribution in [2.24, 2.45) is 0 Å². The highest BCUT2D eigenvalue weighted by molar-refractivity contribution is 5.69. The van der Waals surface area contributed by atoms with Crippen LogP contribution in [0.25, 0.3) is 0 Å². The molecule has 0 aromatic heterocycles. The number of ether oxygens (including phenoxy) is 1. The molecule has 0 heterocycles. The number of carbonyl (C=O) groups excluding carboxylic acids is 1. The third-order valence-corrected chi connectivity index (χ3v) is 5.68. The second kappa shape index (κ2) is 14.2. The number of hydrogen-bond acceptors (Lipinski definition) is 3. The van der Waals surface area contributed by atoms with Crippen LogP contribution in [0.2, 0.25) is 0 Å². The normalized spacial score (nSPS) is 15.0. The molecule has 0 aliphatic carbocycles. The van der Waals surface area contributed by atoms with Gasteiger partial charge in [0.25, 0.3) is 0 Å². The Bertz CT molecular complexity index is 709. The molecule has 0 saturated heterocycles. The van der Waals surface area contributed by atoms with Gasteiger partial charge in [-0.3, -0.25) is 4.79 Å². The molecule has 1 unspecified atom stereocenters. The lowest BCUT2D eigenvalue weighted by Crippen LogP contribution is -2.70. The number of rotatable bonds is 19. The van der Waals surface area contributed by atoms with E-state index in [0.717, 1.165) is 51.4 Å². The first kappa shape index (κ1) is 36.5. The molecule has 0 amide bonds. The maximum atomic E-state index is 13.7. The third kappa shape index (κ3) is 9.04. The molecule has 1 atom stereocenters. The van der Waals surface area contributed by atoms with E-state index in [1.165, 1.54) is 0 Å². The summed E-state index contributed by atoms with van der Waals surface area (Å²) in [5.41, 5.74) is 0. The van der Waals surface area contributed by atoms with Crippen LogP contribution in [0.3, 0.4) is 0 Å². The molecule has 16 heteroatoms. The first-order valence-electron chi connectivity index (χ1n) is 11.9. The van der Waals surface area contributed by atoms with Crippen LogP contribution < -0.4 is 0 Å². The summed E-state index contributed by atoms with van der Waals surface area (Å²) in [6.07, 6.45) is -4.72. The molecule has 0 aromatic carbocycles. The van der Waals surface area contributed by atoms with E-state index in [2.05, 4.69) is 11.7 Å². The van der Waals surface area contributed by atoms with Crippen LogP contribution in [0.4, 0.5) is 57.1 Å². The van der Waals surface area contributed by atoms with Gasteiger partial charge in [0.2, 0.25) is 6.29 Å². The largest absolute Gasteiger partial charge is 0.460 e. The summed E-state index contributed by atoms with van der Waals surface area (Å²) in [7, 11) is 0. The molecule has 0 fully saturated rings. The van der Waals surface area contributed by atoms with Crippen LogP contribution >= 0.6 is 0 Å². The van der Waals surface area contributed by atoms with Gasteiger partial charge in [-0.1, -0.05) is 71.1 Å². The number of unbranched alkanes of at least 4 members (excludes halogenated alkanes) is 10. The van der Waals surface area contributed by atoms with Crippen molar-refractivity contribution in [1.82, 2.24) is 0 Å². The molecule has 0 spiro atoms. The minimum atomic E-state index is -8.03. The summed E-state index contributed by atoms with van der Waals surface area (Å²) in [6.45, 7) is 2.09. The quantitative estimate of drug-likeness (QED) is 0.0709. The predicted molar refractivity (Wildman–Crippen MR) is 109 cm³/mol. The Morgan fingerprint density at radius 3 is 1.37 bits per heavy atom. The Labute approximate surface area is 211 Å². The standard InChI is InChI=1S/C22H31F13O3/c1-2-3-4-5-6-7-8-9-10-11-12-13-15(36)38-16(37)14-17(23,24)18(25,26)19(27,28)20(29,30)21(31,32)22(33,34)35/h16,37H,2-14H2,1H3. The van der Waals surface area contributed by atoms with Crippen molar-refractivity contribution in [1.29, 1.82) is 0 Å². The Kier molecular flexibility index (Phi) is 13.7. The molecule has 0 saturated carbocycles. The first-order chi connectivity index (χ1) is 17.1. The SMILES string of the molecule is CCCCCCCCCCCCCC(=O)OC(O)CC(F)(F)C(F)(F)C(F)(F)C(F)(F)C(F)(F)C(F)(F)F. The van der Waals surface area contributed by atoms with Crippen LogP contribution in [0.5, 0.6) is 0 Å². The highest BCUT2D eigenvalue weighted by atomic mass is 19.4. The summed E-state index contributed by atoms with van der Waals surface area (Å²) in [6, 6.07) is 0. The van der Waals surface area contributed by atoms with Gasteiger partial charge in [0.1, 0.15) is 0 Å². The summed E-state index contributed by atoms with van der Waals surface area (Å²) in [5.74, 6) is -39.3. The average molecular weight is 590 g/mol. The second-order valence-electron chi connectivity index (χ2n) is 8.93. The molecule has 228 valence electrons. The first-order valence-corrected chi connectivity index (χ1v) is 11.9. The highest BCUT2D eigenvalue weighted by Crippen LogP contribution is 2.60. The van der Waals surface area contributed by atoms with Crippen molar-refractivity contribution in [3.8, 4) is 0 Å². The van der Waals surface area contributed by atoms with Gasteiger partial charge in [0, 0.05) is 6.42 Å². The maximum Gasteiger partial charge on any atom is 0.460 e. The summed E-state index contributed by atoms with van der Waals surface area (Å²) in [4.78, 5) is 11.5. The molecular formula is C22H31F13O3. The van der Waals surface area contributed by atoms with E-state index >= 15 is 0 Å². The molecule has 0 rings (SSSR count). The van der Waals surface area contributed by atoms with E-state index < -0.39 is 60.9 Å². The fourth-order valence-electron chi connectivity index (χ4n) is 3.34. The molecule has 0 bridgehead atoms. The van der Waals surface area contributed by atoms with Crippen molar-refractivity contribution in [2.75, 3.05) is 0 Å². The van der Waals surface area contributed by atoms with Crippen LogP contribution in [-0.4, -0.2) is 53.2 Å². The minimum Gasteiger partial charge on any atom is -0.436 e. The van der Waals surface area contributed by atoms with Crippen LogP contribution in [0.1, 0.15) is 90.4 Å². The molecule has 0 aromatic rings. The van der Waals surface area contributed by atoms with Gasteiger partial charge < -0.3 is 9.84 Å². The summed E-state index contributed by atoms with van der Waals surface area (Å²) >= 11 is 0. The number of esters is 1. The summed E-state index contributed by atoms with van der Waals surface area (Å²) in [5, 5.41) is 9.24. The van der Waals surface area contributed by atoms with Crippen molar-refractivity contribution >= 4 is 5.97 Å². The van der Waals surface area contributed by atoms with Crippen LogP contribution in [-0.2, 0) is 9.53 Å². The molecule has 3 nitrogen and oxygen atoms in total. The van der Waals surface area contributed by atoms with Crippen LogP contribution in [0.15, 0.2) is 0 Å². The number of alkyl halides is 13. The Morgan fingerprint density at radius 1 is 0.605 bits per heavy atom. The monoisotopic (exact) mass is 590 g/mol. The van der Waals surface area contributed by atoms with Gasteiger partial charge in [-0.2, -0.15) is 57.1 Å². The number of halogens is 13. The van der Waals surface area contributed by atoms with Crippen LogP contribution in [0, 0.1) is 0 Å². The minimum absolute atomic E-state index is 0.103. The van der Waals surface area contributed by atoms with Crippen molar-refractivity contribution in [3.63, 3.8) is 0 Å². The van der Waals surface area contributed by atoms with Gasteiger partial charge in [-0.05, 0) is 6.42 Å². The number of carbonyl (C=O) groups is 1. The lowest BCUT2D eigenvalue weighted by Gasteiger charge is -2.40.